The van der Waals surface area contributed by atoms with Gasteiger partial charge in [-0.1, -0.05) is 32.0 Å². The number of benzene rings is 2. The summed E-state index contributed by atoms with van der Waals surface area (Å²) in [4.78, 5) is 11.5. The fourth-order valence-electron chi connectivity index (χ4n) is 2.02. The summed E-state index contributed by atoms with van der Waals surface area (Å²) in [5, 5.41) is 0. The highest BCUT2D eigenvalue weighted by atomic mass is 79.9. The van der Waals surface area contributed by atoms with E-state index in [1.807, 2.05) is 19.1 Å². The summed E-state index contributed by atoms with van der Waals surface area (Å²) < 4.78 is 25.5. The molecular formula is C18H18BrFO3. The van der Waals surface area contributed by atoms with Gasteiger partial charge in [0, 0.05) is 18.1 Å². The zero-order chi connectivity index (χ0) is 16.8. The van der Waals surface area contributed by atoms with Gasteiger partial charge in [-0.05, 0) is 40.0 Å². The number of carbonyl (C=O) groups is 1. The lowest BCUT2D eigenvalue weighted by Crippen LogP contribution is -2.08. The Labute approximate surface area is 143 Å². The molecular weight excluding hydrogens is 363 g/mol. The van der Waals surface area contributed by atoms with Crippen molar-refractivity contribution in [3.05, 3.63) is 57.8 Å². The molecule has 5 heteroatoms. The monoisotopic (exact) mass is 380 g/mol. The summed E-state index contributed by atoms with van der Waals surface area (Å²) in [6.45, 7) is 3.80. The molecule has 0 N–H and O–H groups in total. The van der Waals surface area contributed by atoms with E-state index in [0.29, 0.717) is 34.4 Å². The van der Waals surface area contributed by atoms with Crippen LogP contribution in [-0.2, 0) is 17.8 Å². The quantitative estimate of drug-likeness (QED) is 0.519. The maximum absolute atomic E-state index is 13.9. The van der Waals surface area contributed by atoms with E-state index in [4.69, 9.17) is 9.47 Å². The first-order valence-electron chi connectivity index (χ1n) is 7.44. The molecule has 0 atom stereocenters. The maximum Gasteiger partial charge on any atom is 0.310 e. The van der Waals surface area contributed by atoms with Crippen LogP contribution in [0.15, 0.2) is 40.9 Å². The largest absolute Gasteiger partial charge is 0.487 e. The Hall–Kier alpha value is -1.88. The number of para-hydroxylation sites is 1. The van der Waals surface area contributed by atoms with Gasteiger partial charge >= 0.3 is 5.97 Å². The van der Waals surface area contributed by atoms with E-state index in [1.165, 1.54) is 6.07 Å². The Bertz CT molecular complexity index is 701. The number of esters is 1. The number of halogens is 2. The zero-order valence-electron chi connectivity index (χ0n) is 13.1. The Morgan fingerprint density at radius 3 is 2.57 bits per heavy atom. The fourth-order valence-corrected chi connectivity index (χ4v) is 2.53. The first-order valence-corrected chi connectivity index (χ1v) is 8.23. The number of hydrogen-bond donors (Lipinski definition) is 0. The number of carbonyl (C=O) groups excluding carboxylic acids is 1. The lowest BCUT2D eigenvalue weighted by molar-refractivity contribution is -0.134. The highest BCUT2D eigenvalue weighted by Gasteiger charge is 2.11. The topological polar surface area (TPSA) is 35.5 Å². The molecule has 2 rings (SSSR count). The van der Waals surface area contributed by atoms with Gasteiger partial charge in [0.05, 0.1) is 4.47 Å². The Morgan fingerprint density at radius 2 is 1.87 bits per heavy atom. The molecule has 0 aliphatic rings. The summed E-state index contributed by atoms with van der Waals surface area (Å²) in [6.07, 6.45) is 0.908. The summed E-state index contributed by atoms with van der Waals surface area (Å²) >= 11 is 3.39. The SMILES string of the molecule is CCC(=O)Oc1ccccc1COc1cc(F)c(CC)cc1Br. The van der Waals surface area contributed by atoms with E-state index in [1.54, 1.807) is 25.1 Å². The standard InChI is InChI=1S/C18H18BrFO3/c1-3-12-9-14(19)17(10-15(12)20)22-11-13-7-5-6-8-16(13)23-18(21)4-2/h5-10H,3-4,11H2,1-2H3. The third-order valence-electron chi connectivity index (χ3n) is 3.35. The zero-order valence-corrected chi connectivity index (χ0v) is 14.7. The molecule has 3 nitrogen and oxygen atoms in total. The van der Waals surface area contributed by atoms with E-state index in [2.05, 4.69) is 15.9 Å². The molecule has 0 saturated heterocycles. The van der Waals surface area contributed by atoms with Crippen LogP contribution in [-0.4, -0.2) is 5.97 Å². The second-order valence-corrected chi connectivity index (χ2v) is 5.81. The van der Waals surface area contributed by atoms with Crippen LogP contribution in [0.4, 0.5) is 4.39 Å². The maximum atomic E-state index is 13.9. The van der Waals surface area contributed by atoms with Crippen molar-refractivity contribution < 1.29 is 18.7 Å². The van der Waals surface area contributed by atoms with Crippen LogP contribution in [0.2, 0.25) is 0 Å². The van der Waals surface area contributed by atoms with Gasteiger partial charge in [-0.25, -0.2) is 4.39 Å². The third kappa shape index (κ3) is 4.55. The van der Waals surface area contributed by atoms with Gasteiger partial charge in [0.15, 0.2) is 0 Å². The fraction of sp³-hybridized carbons (Fsp3) is 0.278. The summed E-state index contributed by atoms with van der Waals surface area (Å²) in [6, 6.07) is 10.2. The average molecular weight is 381 g/mol. The van der Waals surface area contributed by atoms with Crippen molar-refractivity contribution in [3.63, 3.8) is 0 Å². The second-order valence-electron chi connectivity index (χ2n) is 4.95. The van der Waals surface area contributed by atoms with Crippen molar-refractivity contribution in [3.8, 4) is 11.5 Å². The lowest BCUT2D eigenvalue weighted by atomic mass is 10.1. The number of hydrogen-bond acceptors (Lipinski definition) is 3. The van der Waals surface area contributed by atoms with Crippen LogP contribution in [0.1, 0.15) is 31.4 Å². The Morgan fingerprint density at radius 1 is 1.13 bits per heavy atom. The predicted molar refractivity (Wildman–Crippen MR) is 90.2 cm³/mol. The smallest absolute Gasteiger partial charge is 0.310 e. The summed E-state index contributed by atoms with van der Waals surface area (Å²) in [7, 11) is 0. The first-order chi connectivity index (χ1) is 11.0. The molecule has 0 bridgehead atoms. The van der Waals surface area contributed by atoms with E-state index in [-0.39, 0.29) is 18.4 Å². The molecule has 0 aromatic heterocycles. The van der Waals surface area contributed by atoms with E-state index < -0.39 is 0 Å². The molecule has 0 aliphatic carbocycles. The number of rotatable bonds is 6. The third-order valence-corrected chi connectivity index (χ3v) is 3.97. The van der Waals surface area contributed by atoms with Crippen LogP contribution in [0.3, 0.4) is 0 Å². The van der Waals surface area contributed by atoms with Gasteiger partial charge < -0.3 is 9.47 Å². The normalized spacial score (nSPS) is 10.4. The van der Waals surface area contributed by atoms with E-state index >= 15 is 0 Å². The van der Waals surface area contributed by atoms with Crippen LogP contribution in [0.5, 0.6) is 11.5 Å². The highest BCUT2D eigenvalue weighted by molar-refractivity contribution is 9.10. The van der Waals surface area contributed by atoms with E-state index in [9.17, 15) is 9.18 Å². The summed E-state index contributed by atoms with van der Waals surface area (Å²) in [5.41, 5.74) is 1.35. The van der Waals surface area contributed by atoms with Crippen molar-refractivity contribution in [1.29, 1.82) is 0 Å². The minimum Gasteiger partial charge on any atom is -0.487 e. The van der Waals surface area contributed by atoms with Gasteiger partial charge in [0.2, 0.25) is 0 Å². The predicted octanol–water partition coefficient (Wildman–Crippen LogP) is 5.05. The van der Waals surface area contributed by atoms with Crippen molar-refractivity contribution >= 4 is 21.9 Å². The van der Waals surface area contributed by atoms with Crippen molar-refractivity contribution in [2.24, 2.45) is 0 Å². The molecule has 0 aliphatic heterocycles. The molecule has 23 heavy (non-hydrogen) atoms. The van der Waals surface area contributed by atoms with Gasteiger partial charge in [-0.15, -0.1) is 0 Å². The van der Waals surface area contributed by atoms with Crippen LogP contribution in [0.25, 0.3) is 0 Å². The molecule has 2 aromatic rings. The first kappa shape index (κ1) is 17.5. The molecule has 0 fully saturated rings. The number of aryl methyl sites for hydroxylation is 1. The average Bonchev–Trinajstić information content (AvgIpc) is 2.56. The molecule has 2 aromatic carbocycles. The van der Waals surface area contributed by atoms with Gasteiger partial charge in [0.25, 0.3) is 0 Å². The molecule has 122 valence electrons. The van der Waals surface area contributed by atoms with Crippen molar-refractivity contribution in [1.82, 2.24) is 0 Å². The molecule has 0 unspecified atom stereocenters. The van der Waals surface area contributed by atoms with E-state index in [0.717, 1.165) is 5.56 Å². The molecule has 0 radical (unpaired) electrons. The molecule has 0 spiro atoms. The molecule has 0 heterocycles. The second kappa shape index (κ2) is 8.11. The lowest BCUT2D eigenvalue weighted by Gasteiger charge is -2.13. The Kier molecular flexibility index (Phi) is 6.16. The summed E-state index contributed by atoms with van der Waals surface area (Å²) in [5.74, 6) is 0.269. The molecule has 0 amide bonds. The van der Waals surface area contributed by atoms with Crippen LogP contribution >= 0.6 is 15.9 Å². The van der Waals surface area contributed by atoms with Gasteiger partial charge in [-0.3, -0.25) is 4.79 Å². The highest BCUT2D eigenvalue weighted by Crippen LogP contribution is 2.30. The minimum absolute atomic E-state index is 0.177. The van der Waals surface area contributed by atoms with Crippen molar-refractivity contribution in [2.45, 2.75) is 33.3 Å². The minimum atomic E-state index is -0.308. The number of ether oxygens (including phenoxy) is 2. The van der Waals surface area contributed by atoms with Crippen LogP contribution < -0.4 is 9.47 Å². The van der Waals surface area contributed by atoms with Crippen molar-refractivity contribution in [2.75, 3.05) is 0 Å². The molecule has 0 saturated carbocycles. The Balaban J connectivity index is 2.15. The van der Waals surface area contributed by atoms with Crippen LogP contribution in [0, 0.1) is 5.82 Å². The van der Waals surface area contributed by atoms with Gasteiger partial charge in [-0.2, -0.15) is 0 Å². The van der Waals surface area contributed by atoms with Gasteiger partial charge in [0.1, 0.15) is 23.9 Å².